The summed E-state index contributed by atoms with van der Waals surface area (Å²) in [5.74, 6) is -1.06. The van der Waals surface area contributed by atoms with Gasteiger partial charge in [-0.3, -0.25) is 15.1 Å². The Bertz CT molecular complexity index is 1840. The quantitative estimate of drug-likeness (QED) is 0.0968. The number of hydrogen-bond acceptors (Lipinski definition) is 7. The van der Waals surface area contributed by atoms with Crippen LogP contribution in [0.1, 0.15) is 16.7 Å². The molecule has 0 saturated heterocycles. The summed E-state index contributed by atoms with van der Waals surface area (Å²) in [7, 11) is 0. The Morgan fingerprint density at radius 2 is 1.79 bits per heavy atom. The van der Waals surface area contributed by atoms with E-state index in [0.717, 1.165) is 17.0 Å². The van der Waals surface area contributed by atoms with Gasteiger partial charge in [0.15, 0.2) is 5.71 Å². The van der Waals surface area contributed by atoms with Crippen LogP contribution in [0.4, 0.5) is 35.0 Å². The molecule has 1 amide bonds. The van der Waals surface area contributed by atoms with Gasteiger partial charge in [0.1, 0.15) is 11.5 Å². The molecule has 4 aromatic carbocycles. The normalized spacial score (nSPS) is 13.5. The number of phenols is 1. The van der Waals surface area contributed by atoms with E-state index in [4.69, 9.17) is 16.7 Å². The monoisotopic (exact) mass is 592 g/mol. The highest BCUT2D eigenvalue weighted by atomic mass is 35.5. The average Bonchev–Trinajstić information content (AvgIpc) is 3.22. The predicted molar refractivity (Wildman–Crippen MR) is 147 cm³/mol. The van der Waals surface area contributed by atoms with E-state index >= 15 is 0 Å². The number of amides is 1. The van der Waals surface area contributed by atoms with E-state index in [2.05, 4.69) is 15.3 Å². The molecule has 13 heteroatoms. The van der Waals surface area contributed by atoms with Crippen LogP contribution in [-0.4, -0.2) is 28.0 Å². The first-order chi connectivity index (χ1) is 20.0. The minimum atomic E-state index is -4.78. The van der Waals surface area contributed by atoms with Crippen molar-refractivity contribution in [1.82, 2.24) is 0 Å². The number of benzene rings is 4. The fourth-order valence-electron chi connectivity index (χ4n) is 4.36. The maximum atomic E-state index is 13.6. The van der Waals surface area contributed by atoms with E-state index < -0.39 is 28.8 Å². The van der Waals surface area contributed by atoms with Crippen molar-refractivity contribution < 1.29 is 37.7 Å². The van der Waals surface area contributed by atoms with Gasteiger partial charge in [-0.2, -0.15) is 23.5 Å². The molecule has 0 unspecified atom stereocenters. The minimum Gasteiger partial charge on any atom is -0.505 e. The molecule has 4 aromatic rings. The topological polar surface area (TPSA) is 135 Å². The molecule has 0 atom stereocenters. The second kappa shape index (κ2) is 10.8. The fraction of sp³-hybridized carbons (Fsp3) is 0.0345. The van der Waals surface area contributed by atoms with E-state index in [-0.39, 0.29) is 51.0 Å². The van der Waals surface area contributed by atoms with Crippen molar-refractivity contribution in [3.63, 3.8) is 0 Å². The number of nitriles is 1. The van der Waals surface area contributed by atoms with Gasteiger partial charge in [-0.25, -0.2) is 4.79 Å². The molecule has 42 heavy (non-hydrogen) atoms. The number of ether oxygens (including phenoxy) is 1. The maximum absolute atomic E-state index is 13.6. The van der Waals surface area contributed by atoms with Crippen LogP contribution in [0, 0.1) is 11.3 Å². The van der Waals surface area contributed by atoms with Crippen LogP contribution in [0.3, 0.4) is 0 Å². The largest absolute Gasteiger partial charge is 0.511 e. The van der Waals surface area contributed by atoms with Crippen LogP contribution in [0.15, 0.2) is 84.0 Å². The SMILES string of the molecule is N#Cc1ccc2c(c1)N(c1ccc(Cl)c(C(F)(F)F)c1)C(=O)C2=NNc1cccc(-c2cccc(OC(=O)O)c2)c1O. The first-order valence-corrected chi connectivity index (χ1v) is 12.3. The number of carbonyl (C=O) groups excluding carboxylic acids is 1. The third-order valence-corrected chi connectivity index (χ3v) is 6.55. The van der Waals surface area contributed by atoms with Crippen molar-refractivity contribution in [1.29, 1.82) is 5.26 Å². The molecule has 9 nitrogen and oxygen atoms in total. The molecule has 0 fully saturated rings. The Balaban J connectivity index is 1.54. The number of carbonyl (C=O) groups is 2. The Morgan fingerprint density at radius 1 is 1.02 bits per heavy atom. The average molecular weight is 593 g/mol. The molecule has 0 bridgehead atoms. The molecule has 210 valence electrons. The van der Waals surface area contributed by atoms with Crippen LogP contribution in [-0.2, 0) is 11.0 Å². The zero-order valence-electron chi connectivity index (χ0n) is 21.0. The van der Waals surface area contributed by atoms with E-state index in [1.807, 2.05) is 6.07 Å². The van der Waals surface area contributed by atoms with Crippen molar-refractivity contribution in [3.05, 3.63) is 101 Å². The summed E-state index contributed by atoms with van der Waals surface area (Å²) >= 11 is 5.76. The highest BCUT2D eigenvalue weighted by Crippen LogP contribution is 2.42. The van der Waals surface area contributed by atoms with E-state index in [0.29, 0.717) is 5.56 Å². The summed E-state index contributed by atoms with van der Waals surface area (Å²) in [6, 6.07) is 19.7. The Morgan fingerprint density at radius 3 is 2.50 bits per heavy atom. The van der Waals surface area contributed by atoms with Gasteiger partial charge < -0.3 is 14.9 Å². The number of hydrazone groups is 1. The third kappa shape index (κ3) is 5.28. The first kappa shape index (κ1) is 28.0. The number of nitrogens with one attached hydrogen (secondary N) is 1. The van der Waals surface area contributed by atoms with Gasteiger partial charge in [-0.1, -0.05) is 35.9 Å². The Hall–Kier alpha value is -5.54. The minimum absolute atomic E-state index is 0.0267. The lowest BCUT2D eigenvalue weighted by molar-refractivity contribution is -0.137. The summed E-state index contributed by atoms with van der Waals surface area (Å²) < 4.78 is 45.4. The number of hydrogen-bond donors (Lipinski definition) is 3. The highest BCUT2D eigenvalue weighted by Gasteiger charge is 2.38. The molecule has 0 spiro atoms. The zero-order valence-corrected chi connectivity index (χ0v) is 21.7. The van der Waals surface area contributed by atoms with Crippen LogP contribution >= 0.6 is 11.6 Å². The predicted octanol–water partition coefficient (Wildman–Crippen LogP) is 7.15. The van der Waals surface area contributed by atoms with Gasteiger partial charge >= 0.3 is 12.3 Å². The summed E-state index contributed by atoms with van der Waals surface area (Å²) in [5.41, 5.74) is 2.43. The zero-order chi connectivity index (χ0) is 30.2. The van der Waals surface area contributed by atoms with E-state index in [1.54, 1.807) is 18.2 Å². The van der Waals surface area contributed by atoms with E-state index in [1.165, 1.54) is 48.5 Å². The summed E-state index contributed by atoms with van der Waals surface area (Å²) in [4.78, 5) is 25.4. The number of aromatic hydroxyl groups is 1. The van der Waals surface area contributed by atoms with Crippen LogP contribution in [0.25, 0.3) is 11.1 Å². The Kier molecular flexibility index (Phi) is 7.20. The molecule has 0 aliphatic carbocycles. The molecule has 1 heterocycles. The maximum Gasteiger partial charge on any atom is 0.511 e. The van der Waals surface area contributed by atoms with Crippen molar-refractivity contribution in [2.45, 2.75) is 6.18 Å². The smallest absolute Gasteiger partial charge is 0.505 e. The van der Waals surface area contributed by atoms with Crippen molar-refractivity contribution in [2.24, 2.45) is 5.10 Å². The number of alkyl halides is 3. The van der Waals surface area contributed by atoms with Gasteiger partial charge in [0.25, 0.3) is 5.91 Å². The standard InChI is InChI=1S/C29H16ClF3N4O5/c30-22-10-8-17(13-21(22)29(31,32)33)37-24-11-15(14-34)7-9-20(24)25(27(37)39)36-35-23-6-2-5-19(26(23)38)16-3-1-4-18(12-16)42-28(40)41/h1-13,35,38H,(H,40,41). The van der Waals surface area contributed by atoms with Gasteiger partial charge in [-0.05, 0) is 60.2 Å². The molecular formula is C29H16ClF3N4O5. The number of para-hydroxylation sites is 1. The molecule has 0 aromatic heterocycles. The molecule has 0 radical (unpaired) electrons. The molecular weight excluding hydrogens is 577 g/mol. The summed E-state index contributed by atoms with van der Waals surface area (Å²) in [6.45, 7) is 0. The lowest BCUT2D eigenvalue weighted by Crippen LogP contribution is -2.26. The summed E-state index contributed by atoms with van der Waals surface area (Å²) in [6.07, 6.45) is -6.29. The third-order valence-electron chi connectivity index (χ3n) is 6.22. The molecule has 3 N–H and O–H groups in total. The fourth-order valence-corrected chi connectivity index (χ4v) is 4.59. The van der Waals surface area contributed by atoms with Gasteiger partial charge in [-0.15, -0.1) is 0 Å². The molecule has 0 saturated carbocycles. The van der Waals surface area contributed by atoms with Crippen molar-refractivity contribution >= 4 is 46.4 Å². The van der Waals surface area contributed by atoms with Gasteiger partial charge in [0.2, 0.25) is 0 Å². The Labute approximate surface area is 240 Å². The number of anilines is 3. The lowest BCUT2D eigenvalue weighted by Gasteiger charge is -2.19. The number of phenolic OH excluding ortho intramolecular Hbond substituents is 1. The van der Waals surface area contributed by atoms with Crippen LogP contribution in [0.5, 0.6) is 11.5 Å². The summed E-state index contributed by atoms with van der Waals surface area (Å²) in [5, 5.41) is 32.8. The van der Waals surface area contributed by atoms with Gasteiger partial charge in [0.05, 0.1) is 39.3 Å². The number of fused-ring (bicyclic) bond motifs is 1. The lowest BCUT2D eigenvalue weighted by atomic mass is 10.0. The number of rotatable bonds is 5. The highest BCUT2D eigenvalue weighted by molar-refractivity contribution is 6.55. The van der Waals surface area contributed by atoms with Crippen LogP contribution < -0.4 is 15.1 Å². The molecule has 1 aliphatic heterocycles. The molecule has 1 aliphatic rings. The molecule has 5 rings (SSSR count). The number of nitrogens with zero attached hydrogens (tertiary/aromatic N) is 3. The number of halogens is 4. The first-order valence-electron chi connectivity index (χ1n) is 11.9. The second-order valence-electron chi connectivity index (χ2n) is 8.82. The van der Waals surface area contributed by atoms with Crippen LogP contribution in [0.2, 0.25) is 5.02 Å². The second-order valence-corrected chi connectivity index (χ2v) is 9.22. The van der Waals surface area contributed by atoms with E-state index in [9.17, 15) is 33.1 Å². The van der Waals surface area contributed by atoms with Crippen molar-refractivity contribution in [2.75, 3.05) is 10.3 Å². The van der Waals surface area contributed by atoms with Crippen molar-refractivity contribution in [3.8, 4) is 28.7 Å². The number of carboxylic acid groups (broad SMARTS) is 1. The van der Waals surface area contributed by atoms with Gasteiger partial charge in [0, 0.05) is 11.1 Å².